The van der Waals surface area contributed by atoms with Gasteiger partial charge in [-0.1, -0.05) is 97.1 Å². The molecule has 0 aliphatic heterocycles. The van der Waals surface area contributed by atoms with E-state index in [1.54, 1.807) is 6.20 Å². The summed E-state index contributed by atoms with van der Waals surface area (Å²) in [5.74, 6) is -2.55. The highest BCUT2D eigenvalue weighted by Gasteiger charge is 2.37. The van der Waals surface area contributed by atoms with Gasteiger partial charge in [-0.25, -0.2) is 13.8 Å². The summed E-state index contributed by atoms with van der Waals surface area (Å²) in [5, 5.41) is 6.73. The van der Waals surface area contributed by atoms with Gasteiger partial charge in [-0.15, -0.1) is 11.3 Å². The molecular weight excluding hydrogens is 488 g/mol. The van der Waals surface area contributed by atoms with Crippen molar-refractivity contribution >= 4 is 28.1 Å². The van der Waals surface area contributed by atoms with Crippen molar-refractivity contribution in [2.75, 3.05) is 10.6 Å². The monoisotopic (exact) mass is 511 g/mol. The number of hydrogen-bond acceptors (Lipinski definition) is 4. The molecule has 1 aromatic heterocycles. The number of benzene rings is 4. The molecule has 37 heavy (non-hydrogen) atoms. The molecule has 7 heteroatoms. The fourth-order valence-corrected chi connectivity index (χ4v) is 5.21. The molecule has 1 heterocycles. The minimum absolute atomic E-state index is 0.0235. The second kappa shape index (κ2) is 10.7. The summed E-state index contributed by atoms with van der Waals surface area (Å²) in [6, 6.07) is 34.0. The van der Waals surface area contributed by atoms with Crippen LogP contribution in [0.15, 0.2) is 115 Å². The van der Waals surface area contributed by atoms with Crippen molar-refractivity contribution in [3.05, 3.63) is 149 Å². The van der Waals surface area contributed by atoms with Gasteiger partial charge in [0.1, 0.15) is 5.54 Å². The number of halogens is 2. The molecule has 184 valence electrons. The fraction of sp³-hybridized carbons (Fsp3) is 0.0667. The third kappa shape index (κ3) is 5.13. The molecule has 5 aromatic rings. The van der Waals surface area contributed by atoms with Gasteiger partial charge in [-0.3, -0.25) is 4.79 Å². The number of amides is 1. The number of nitrogens with one attached hydrogen (secondary N) is 2. The molecule has 0 bridgehead atoms. The lowest BCUT2D eigenvalue weighted by Crippen LogP contribution is -2.38. The van der Waals surface area contributed by atoms with Crippen molar-refractivity contribution in [2.45, 2.75) is 12.0 Å². The van der Waals surface area contributed by atoms with Crippen molar-refractivity contribution < 1.29 is 13.6 Å². The van der Waals surface area contributed by atoms with Crippen LogP contribution < -0.4 is 10.6 Å². The van der Waals surface area contributed by atoms with Gasteiger partial charge in [0.25, 0.3) is 0 Å². The summed E-state index contributed by atoms with van der Waals surface area (Å²) < 4.78 is 27.5. The van der Waals surface area contributed by atoms with E-state index in [4.69, 9.17) is 0 Å². The van der Waals surface area contributed by atoms with E-state index < -0.39 is 23.1 Å². The lowest BCUT2D eigenvalue weighted by Gasteiger charge is -2.36. The molecule has 0 spiro atoms. The third-order valence-corrected chi connectivity index (χ3v) is 6.94. The van der Waals surface area contributed by atoms with Crippen molar-refractivity contribution in [3.8, 4) is 0 Å². The zero-order valence-electron chi connectivity index (χ0n) is 19.7. The second-order valence-electron chi connectivity index (χ2n) is 8.43. The summed E-state index contributed by atoms with van der Waals surface area (Å²) in [5.41, 5.74) is 2.16. The Labute approximate surface area is 217 Å². The van der Waals surface area contributed by atoms with Crippen molar-refractivity contribution in [1.29, 1.82) is 0 Å². The van der Waals surface area contributed by atoms with Gasteiger partial charge in [0, 0.05) is 11.1 Å². The Morgan fingerprint density at radius 1 is 0.757 bits per heavy atom. The van der Waals surface area contributed by atoms with Gasteiger partial charge in [-0.05, 0) is 28.8 Å². The summed E-state index contributed by atoms with van der Waals surface area (Å²) in [6.45, 7) is 0. The van der Waals surface area contributed by atoms with Gasteiger partial charge >= 0.3 is 0 Å². The van der Waals surface area contributed by atoms with Crippen LogP contribution in [0.3, 0.4) is 0 Å². The molecule has 0 saturated carbocycles. The molecule has 1 amide bonds. The van der Waals surface area contributed by atoms with E-state index in [9.17, 15) is 13.6 Å². The highest BCUT2D eigenvalue weighted by atomic mass is 32.1. The third-order valence-electron chi connectivity index (χ3n) is 6.03. The van der Waals surface area contributed by atoms with Crippen molar-refractivity contribution in [2.24, 2.45) is 0 Å². The maximum atomic E-state index is 14.0. The number of nitrogens with zero attached hydrogens (tertiary/aromatic N) is 1. The van der Waals surface area contributed by atoms with Crippen LogP contribution in [0.4, 0.5) is 19.6 Å². The maximum Gasteiger partial charge on any atom is 0.229 e. The van der Waals surface area contributed by atoms with E-state index in [0.717, 1.165) is 22.8 Å². The number of hydrogen-bond donors (Lipinski definition) is 2. The number of carbonyl (C=O) groups is 1. The first kappa shape index (κ1) is 24.3. The summed E-state index contributed by atoms with van der Waals surface area (Å²) in [4.78, 5) is 17.8. The first-order valence-electron chi connectivity index (χ1n) is 11.7. The van der Waals surface area contributed by atoms with E-state index in [0.29, 0.717) is 10.0 Å². The summed E-state index contributed by atoms with van der Waals surface area (Å²) in [6.07, 6.45) is 1.60. The van der Waals surface area contributed by atoms with Crippen LogP contribution >= 0.6 is 11.3 Å². The van der Waals surface area contributed by atoms with Gasteiger partial charge < -0.3 is 10.6 Å². The van der Waals surface area contributed by atoms with Gasteiger partial charge in [0.05, 0.1) is 12.1 Å². The molecule has 2 N–H and O–H groups in total. The van der Waals surface area contributed by atoms with Gasteiger partial charge in [0.2, 0.25) is 5.91 Å². The molecule has 0 fully saturated rings. The number of carbonyl (C=O) groups excluding carboxylic acids is 1. The molecule has 0 unspecified atom stereocenters. The number of thiazole rings is 1. The Kier molecular flexibility index (Phi) is 7.05. The Morgan fingerprint density at radius 2 is 1.30 bits per heavy atom. The Morgan fingerprint density at radius 3 is 1.84 bits per heavy atom. The maximum absolute atomic E-state index is 14.0. The molecule has 0 radical (unpaired) electrons. The lowest BCUT2D eigenvalue weighted by atomic mass is 9.77. The first-order valence-corrected chi connectivity index (χ1v) is 12.5. The minimum Gasteiger partial charge on any atom is -0.344 e. The van der Waals surface area contributed by atoms with Gasteiger partial charge in [0.15, 0.2) is 16.8 Å². The second-order valence-corrected chi connectivity index (χ2v) is 9.55. The fourth-order valence-electron chi connectivity index (χ4n) is 4.34. The average Bonchev–Trinajstić information content (AvgIpc) is 3.37. The molecule has 4 nitrogen and oxygen atoms in total. The first-order chi connectivity index (χ1) is 18.1. The van der Waals surface area contributed by atoms with Crippen LogP contribution in [0.2, 0.25) is 0 Å². The Hall–Kier alpha value is -4.36. The highest BCUT2D eigenvalue weighted by molar-refractivity contribution is 7.15. The normalized spacial score (nSPS) is 11.2. The summed E-state index contributed by atoms with van der Waals surface area (Å²) >= 11 is 1.34. The molecule has 5 rings (SSSR count). The highest BCUT2D eigenvalue weighted by Crippen LogP contribution is 2.40. The molecule has 0 atom stereocenters. The summed E-state index contributed by atoms with van der Waals surface area (Å²) in [7, 11) is 0. The van der Waals surface area contributed by atoms with Crippen LogP contribution in [-0.4, -0.2) is 10.9 Å². The van der Waals surface area contributed by atoms with Crippen LogP contribution in [0, 0.1) is 11.6 Å². The standard InChI is InChI=1S/C30H23F2N3OS/c31-25-17-10-18-26(28(25)32)34-27(36)19-24-20-33-29(37-24)35-30(21-11-4-1-5-12-21,22-13-6-2-7-14-22)23-15-8-3-9-16-23/h1-18,20H,19H2,(H,33,35)(H,34,36). The van der Waals surface area contributed by atoms with E-state index in [2.05, 4.69) is 52.0 Å². The van der Waals surface area contributed by atoms with Crippen molar-refractivity contribution in [1.82, 2.24) is 4.98 Å². The predicted octanol–water partition coefficient (Wildman–Crippen LogP) is 7.01. The van der Waals surface area contributed by atoms with E-state index >= 15 is 0 Å². The number of aromatic nitrogens is 1. The Balaban J connectivity index is 1.48. The topological polar surface area (TPSA) is 54.0 Å². The van der Waals surface area contributed by atoms with E-state index in [1.165, 1.54) is 23.5 Å². The smallest absolute Gasteiger partial charge is 0.229 e. The van der Waals surface area contributed by atoms with Crippen LogP contribution in [0.1, 0.15) is 21.6 Å². The Bertz CT molecular complexity index is 1390. The molecule has 0 aliphatic rings. The predicted molar refractivity (Wildman–Crippen MR) is 144 cm³/mol. The SMILES string of the molecule is O=C(Cc1cnc(NC(c2ccccc2)(c2ccccc2)c2ccccc2)s1)Nc1cccc(F)c1F. The van der Waals surface area contributed by atoms with E-state index in [1.807, 2.05) is 54.6 Å². The zero-order valence-corrected chi connectivity index (χ0v) is 20.5. The van der Waals surface area contributed by atoms with Crippen molar-refractivity contribution in [3.63, 3.8) is 0 Å². The number of rotatable bonds is 8. The van der Waals surface area contributed by atoms with Crippen LogP contribution in [-0.2, 0) is 16.8 Å². The molecule has 4 aromatic carbocycles. The largest absolute Gasteiger partial charge is 0.344 e. The quantitative estimate of drug-likeness (QED) is 0.221. The molecule has 0 aliphatic carbocycles. The molecule has 0 saturated heterocycles. The lowest BCUT2D eigenvalue weighted by molar-refractivity contribution is -0.115. The van der Waals surface area contributed by atoms with Crippen LogP contribution in [0.5, 0.6) is 0 Å². The van der Waals surface area contributed by atoms with Crippen LogP contribution in [0.25, 0.3) is 0 Å². The minimum atomic E-state index is -1.08. The zero-order chi connectivity index (χ0) is 25.7. The average molecular weight is 512 g/mol. The number of anilines is 2. The van der Waals surface area contributed by atoms with E-state index in [-0.39, 0.29) is 12.1 Å². The molecular formula is C30H23F2N3OS. The van der Waals surface area contributed by atoms with Gasteiger partial charge in [-0.2, -0.15) is 0 Å².